The van der Waals surface area contributed by atoms with Crippen LogP contribution in [-0.2, 0) is 0 Å². The molecule has 0 spiro atoms. The zero-order chi connectivity index (χ0) is 6.41. The summed E-state index contributed by atoms with van der Waals surface area (Å²) in [4.78, 5) is 0. The first-order valence-corrected chi connectivity index (χ1v) is 3.16. The van der Waals surface area contributed by atoms with E-state index in [1.165, 1.54) is 0 Å². The van der Waals surface area contributed by atoms with Gasteiger partial charge in [0.25, 0.3) is 0 Å². The predicted molar refractivity (Wildman–Crippen MR) is 36.8 cm³/mol. The third-order valence-electron chi connectivity index (χ3n) is 1.21. The molecule has 0 heterocycles. The highest BCUT2D eigenvalue weighted by Crippen LogP contribution is 1.95. The van der Waals surface area contributed by atoms with Crippen molar-refractivity contribution in [2.45, 2.75) is 13.3 Å². The van der Waals surface area contributed by atoms with E-state index in [1.807, 2.05) is 7.05 Å². The first kappa shape index (κ1) is 7.92. The molecule has 0 aliphatic heterocycles. The summed E-state index contributed by atoms with van der Waals surface area (Å²) >= 11 is 0. The monoisotopic (exact) mass is 116 g/mol. The maximum absolute atomic E-state index is 5.33. The average molecular weight is 116 g/mol. The lowest BCUT2D eigenvalue weighted by Crippen LogP contribution is -2.18. The lowest BCUT2D eigenvalue weighted by molar-refractivity contribution is 0.511. The summed E-state index contributed by atoms with van der Waals surface area (Å²) in [5.41, 5.74) is 5.33. The first-order chi connectivity index (χ1) is 3.81. The van der Waals surface area contributed by atoms with Crippen LogP contribution in [0.3, 0.4) is 0 Å². The molecule has 0 aliphatic carbocycles. The minimum atomic E-state index is 0.727. The zero-order valence-corrected chi connectivity index (χ0v) is 5.78. The van der Waals surface area contributed by atoms with Gasteiger partial charge in [-0.3, -0.25) is 0 Å². The fourth-order valence-corrected chi connectivity index (χ4v) is 0.735. The summed E-state index contributed by atoms with van der Waals surface area (Å²) in [5, 5.41) is 3.10. The fraction of sp³-hybridized carbons (Fsp3) is 1.00. The first-order valence-electron chi connectivity index (χ1n) is 3.16. The molecule has 2 heteroatoms. The van der Waals surface area contributed by atoms with E-state index in [-0.39, 0.29) is 0 Å². The van der Waals surface area contributed by atoms with Crippen LogP contribution >= 0.6 is 0 Å². The van der Waals surface area contributed by atoms with E-state index < -0.39 is 0 Å². The second kappa shape index (κ2) is 5.06. The van der Waals surface area contributed by atoms with Crippen molar-refractivity contribution >= 4 is 0 Å². The molecule has 0 radical (unpaired) electrons. The Morgan fingerprint density at radius 1 is 1.62 bits per heavy atom. The number of rotatable bonds is 4. The third kappa shape index (κ3) is 4.09. The molecule has 3 N–H and O–H groups in total. The van der Waals surface area contributed by atoms with Crippen LogP contribution in [0.2, 0.25) is 0 Å². The number of hydrogen-bond donors (Lipinski definition) is 2. The third-order valence-corrected chi connectivity index (χ3v) is 1.21. The molecule has 0 rings (SSSR count). The highest BCUT2D eigenvalue weighted by atomic mass is 14.8. The van der Waals surface area contributed by atoms with Gasteiger partial charge in [-0.2, -0.15) is 0 Å². The normalized spacial score (nSPS) is 13.9. The summed E-state index contributed by atoms with van der Waals surface area (Å²) in [6.07, 6.45) is 1.13. The van der Waals surface area contributed by atoms with Gasteiger partial charge in [0.05, 0.1) is 0 Å². The maximum Gasteiger partial charge on any atom is -0.00257 e. The predicted octanol–water partition coefficient (Wildman–Crippen LogP) is 0.191. The second-order valence-corrected chi connectivity index (χ2v) is 2.24. The molecule has 2 nitrogen and oxygen atoms in total. The average Bonchev–Trinajstić information content (AvgIpc) is 1.68. The van der Waals surface area contributed by atoms with Gasteiger partial charge in [0.2, 0.25) is 0 Å². The number of hydrogen-bond acceptors (Lipinski definition) is 2. The molecule has 0 aliphatic rings. The Kier molecular flexibility index (Phi) is 5.01. The lowest BCUT2D eigenvalue weighted by Gasteiger charge is -2.06. The molecular weight excluding hydrogens is 100 g/mol. The lowest BCUT2D eigenvalue weighted by atomic mass is 10.1. The van der Waals surface area contributed by atoms with Crippen LogP contribution in [0.25, 0.3) is 0 Å². The molecular formula is C6H16N2. The Balaban J connectivity index is 2.92. The fourth-order valence-electron chi connectivity index (χ4n) is 0.735. The van der Waals surface area contributed by atoms with Gasteiger partial charge in [0.15, 0.2) is 0 Å². The summed E-state index contributed by atoms with van der Waals surface area (Å²) in [7, 11) is 1.97. The minimum Gasteiger partial charge on any atom is -0.330 e. The van der Waals surface area contributed by atoms with E-state index in [9.17, 15) is 0 Å². The summed E-state index contributed by atoms with van der Waals surface area (Å²) in [6.45, 7) is 4.09. The van der Waals surface area contributed by atoms with Gasteiger partial charge in [-0.1, -0.05) is 6.92 Å². The van der Waals surface area contributed by atoms with Crippen molar-refractivity contribution in [3.05, 3.63) is 0 Å². The Hall–Kier alpha value is -0.0800. The second-order valence-electron chi connectivity index (χ2n) is 2.24. The SMILES string of the molecule is CNC[C@@H](C)CCN. The minimum absolute atomic E-state index is 0.727. The Morgan fingerprint density at radius 2 is 2.25 bits per heavy atom. The quantitative estimate of drug-likeness (QED) is 0.550. The highest BCUT2D eigenvalue weighted by molar-refractivity contribution is 4.53. The molecule has 8 heavy (non-hydrogen) atoms. The summed E-state index contributed by atoms with van der Waals surface area (Å²) in [5.74, 6) is 0.727. The molecule has 0 amide bonds. The van der Waals surface area contributed by atoms with Crippen LogP contribution < -0.4 is 11.1 Å². The van der Waals surface area contributed by atoms with Crippen LogP contribution in [0, 0.1) is 5.92 Å². The molecule has 0 aromatic heterocycles. The van der Waals surface area contributed by atoms with E-state index in [0.29, 0.717) is 0 Å². The van der Waals surface area contributed by atoms with E-state index in [1.54, 1.807) is 0 Å². The largest absolute Gasteiger partial charge is 0.330 e. The Morgan fingerprint density at radius 3 is 2.62 bits per heavy atom. The zero-order valence-electron chi connectivity index (χ0n) is 5.78. The smallest absolute Gasteiger partial charge is 0.00257 e. The van der Waals surface area contributed by atoms with Gasteiger partial charge in [0.1, 0.15) is 0 Å². The van der Waals surface area contributed by atoms with Gasteiger partial charge in [-0.15, -0.1) is 0 Å². The maximum atomic E-state index is 5.33. The van der Waals surface area contributed by atoms with Crippen molar-refractivity contribution in [3.63, 3.8) is 0 Å². The molecule has 0 aromatic rings. The van der Waals surface area contributed by atoms with Crippen LogP contribution in [0.4, 0.5) is 0 Å². The highest BCUT2D eigenvalue weighted by Gasteiger charge is 1.95. The van der Waals surface area contributed by atoms with Crippen molar-refractivity contribution in [1.29, 1.82) is 0 Å². The van der Waals surface area contributed by atoms with Gasteiger partial charge in [-0.05, 0) is 32.5 Å². The van der Waals surface area contributed by atoms with E-state index >= 15 is 0 Å². The summed E-state index contributed by atoms with van der Waals surface area (Å²) in [6, 6.07) is 0. The van der Waals surface area contributed by atoms with Crippen molar-refractivity contribution < 1.29 is 0 Å². The molecule has 0 saturated heterocycles. The van der Waals surface area contributed by atoms with Gasteiger partial charge >= 0.3 is 0 Å². The standard InChI is InChI=1S/C6H16N2/c1-6(3-4-7)5-8-2/h6,8H,3-5,7H2,1-2H3/t6-/m0/s1. The molecule has 0 unspecified atom stereocenters. The number of nitrogens with two attached hydrogens (primary N) is 1. The van der Waals surface area contributed by atoms with Gasteiger partial charge in [-0.25, -0.2) is 0 Å². The van der Waals surface area contributed by atoms with Crippen molar-refractivity contribution in [3.8, 4) is 0 Å². The Bertz CT molecular complexity index is 39.8. The van der Waals surface area contributed by atoms with Crippen LogP contribution in [0.5, 0.6) is 0 Å². The molecule has 0 bridgehead atoms. The van der Waals surface area contributed by atoms with Crippen LogP contribution in [0.1, 0.15) is 13.3 Å². The topological polar surface area (TPSA) is 38.0 Å². The molecule has 0 aromatic carbocycles. The molecule has 0 saturated carbocycles. The van der Waals surface area contributed by atoms with Gasteiger partial charge in [0, 0.05) is 0 Å². The van der Waals surface area contributed by atoms with E-state index in [0.717, 1.165) is 25.4 Å². The van der Waals surface area contributed by atoms with Crippen LogP contribution in [0.15, 0.2) is 0 Å². The van der Waals surface area contributed by atoms with E-state index in [2.05, 4.69) is 12.2 Å². The Labute approximate surface area is 51.5 Å². The number of nitrogens with one attached hydrogen (secondary N) is 1. The van der Waals surface area contributed by atoms with Crippen LogP contribution in [-0.4, -0.2) is 20.1 Å². The van der Waals surface area contributed by atoms with E-state index in [4.69, 9.17) is 5.73 Å². The summed E-state index contributed by atoms with van der Waals surface area (Å²) < 4.78 is 0. The van der Waals surface area contributed by atoms with Crippen molar-refractivity contribution in [2.75, 3.05) is 20.1 Å². The van der Waals surface area contributed by atoms with Crippen molar-refractivity contribution in [1.82, 2.24) is 5.32 Å². The van der Waals surface area contributed by atoms with Gasteiger partial charge < -0.3 is 11.1 Å². The molecule has 50 valence electrons. The van der Waals surface area contributed by atoms with Crippen molar-refractivity contribution in [2.24, 2.45) is 11.7 Å². The molecule has 0 fully saturated rings. The molecule has 1 atom stereocenters.